The Kier molecular flexibility index (Phi) is 11.5. The first-order chi connectivity index (χ1) is 15.5. The van der Waals surface area contributed by atoms with Crippen LogP contribution in [0.2, 0.25) is 0 Å². The average molecular weight is 439 g/mol. The Hall–Kier alpha value is -2.70. The van der Waals surface area contributed by atoms with Crippen molar-refractivity contribution < 1.29 is 9.59 Å². The minimum atomic E-state index is -0.0536. The molecule has 174 valence electrons. The average Bonchev–Trinajstić information content (AvgIpc) is 2.79. The second kappa shape index (κ2) is 14.4. The number of anilines is 1. The summed E-state index contributed by atoms with van der Waals surface area (Å²) in [5, 5.41) is 6.33. The largest absolute Gasteiger partial charge is 0.373 e. The van der Waals surface area contributed by atoms with Crippen LogP contribution in [0.15, 0.2) is 60.7 Å². The molecule has 0 saturated carbocycles. The van der Waals surface area contributed by atoms with Gasteiger partial charge in [-0.1, -0.05) is 48.5 Å². The lowest BCUT2D eigenvalue weighted by molar-refractivity contribution is -0.123. The second-order valence-electron chi connectivity index (χ2n) is 8.52. The van der Waals surface area contributed by atoms with Gasteiger partial charge in [0.15, 0.2) is 0 Å². The van der Waals surface area contributed by atoms with Crippen molar-refractivity contribution in [2.45, 2.75) is 45.3 Å². The first kappa shape index (κ1) is 25.6. The number of rotatable bonds is 9. The minimum Gasteiger partial charge on any atom is -0.373 e. The van der Waals surface area contributed by atoms with E-state index in [1.807, 2.05) is 13.8 Å². The van der Waals surface area contributed by atoms with Crippen molar-refractivity contribution in [2.24, 2.45) is 0 Å². The number of nitrogens with one attached hydrogen (secondary N) is 2. The first-order valence-electron chi connectivity index (χ1n) is 11.5. The van der Waals surface area contributed by atoms with E-state index in [9.17, 15) is 9.59 Å². The molecule has 1 amide bonds. The number of benzene rings is 2. The molecule has 0 aromatic heterocycles. The molecule has 1 unspecified atom stereocenters. The highest BCUT2D eigenvalue weighted by molar-refractivity contribution is 5.78. The number of nitrogens with zero attached hydrogens (tertiary/aromatic N) is 2. The van der Waals surface area contributed by atoms with Gasteiger partial charge in [0.1, 0.15) is 6.29 Å². The summed E-state index contributed by atoms with van der Waals surface area (Å²) < 4.78 is 0. The lowest BCUT2D eigenvalue weighted by Crippen LogP contribution is -2.54. The van der Waals surface area contributed by atoms with Crippen molar-refractivity contribution in [2.75, 3.05) is 38.1 Å². The molecule has 1 aliphatic rings. The summed E-state index contributed by atoms with van der Waals surface area (Å²) in [5.74, 6) is -0.0536. The Morgan fingerprint density at radius 1 is 1.16 bits per heavy atom. The number of aldehydes is 1. The Morgan fingerprint density at radius 3 is 2.44 bits per heavy atom. The molecule has 0 spiro atoms. The highest BCUT2D eigenvalue weighted by Gasteiger charge is 2.20. The third-order valence-electron chi connectivity index (χ3n) is 5.22. The zero-order valence-electron chi connectivity index (χ0n) is 19.7. The lowest BCUT2D eigenvalue weighted by atomic mass is 10.1. The highest BCUT2D eigenvalue weighted by atomic mass is 16.1. The van der Waals surface area contributed by atoms with Crippen LogP contribution in [0.3, 0.4) is 0 Å². The molecular formula is C26H38N4O2. The van der Waals surface area contributed by atoms with Gasteiger partial charge in [0.2, 0.25) is 5.91 Å². The molecule has 1 heterocycles. The van der Waals surface area contributed by atoms with Gasteiger partial charge in [0, 0.05) is 70.4 Å². The van der Waals surface area contributed by atoms with Crippen LogP contribution in [0.4, 0.5) is 5.69 Å². The fourth-order valence-corrected chi connectivity index (χ4v) is 3.70. The third-order valence-corrected chi connectivity index (χ3v) is 5.22. The van der Waals surface area contributed by atoms with Crippen molar-refractivity contribution >= 4 is 17.9 Å². The topological polar surface area (TPSA) is 64.7 Å². The van der Waals surface area contributed by atoms with E-state index < -0.39 is 0 Å². The van der Waals surface area contributed by atoms with E-state index in [-0.39, 0.29) is 11.9 Å². The molecule has 2 aromatic carbocycles. The zero-order chi connectivity index (χ0) is 23.2. The molecule has 6 heteroatoms. The number of hydrogen-bond acceptors (Lipinski definition) is 5. The number of amides is 1. The summed E-state index contributed by atoms with van der Waals surface area (Å²) >= 11 is 0. The van der Waals surface area contributed by atoms with E-state index in [1.165, 1.54) is 11.3 Å². The van der Waals surface area contributed by atoms with Crippen LogP contribution in [-0.4, -0.2) is 62.4 Å². The molecule has 2 aromatic rings. The number of carbonyl (C=O) groups is 2. The van der Waals surface area contributed by atoms with Gasteiger partial charge in [-0.25, -0.2) is 0 Å². The first-order valence-corrected chi connectivity index (χ1v) is 11.5. The van der Waals surface area contributed by atoms with E-state index in [2.05, 4.69) is 88.1 Å². The maximum atomic E-state index is 10.7. The Morgan fingerprint density at radius 2 is 1.81 bits per heavy atom. The number of hydrogen-bond donors (Lipinski definition) is 2. The monoisotopic (exact) mass is 438 g/mol. The van der Waals surface area contributed by atoms with E-state index in [4.69, 9.17) is 0 Å². The van der Waals surface area contributed by atoms with Crippen LogP contribution >= 0.6 is 0 Å². The van der Waals surface area contributed by atoms with Gasteiger partial charge in [-0.2, -0.15) is 0 Å². The number of para-hydroxylation sites is 1. The van der Waals surface area contributed by atoms with Gasteiger partial charge < -0.3 is 20.3 Å². The smallest absolute Gasteiger partial charge is 0.220 e. The molecule has 0 bridgehead atoms. The van der Waals surface area contributed by atoms with E-state index in [0.717, 1.165) is 39.0 Å². The number of piperazine rings is 1. The summed E-state index contributed by atoms with van der Waals surface area (Å²) in [6, 6.07) is 22.0. The van der Waals surface area contributed by atoms with Crippen LogP contribution in [0, 0.1) is 0 Å². The third kappa shape index (κ3) is 10.1. The maximum absolute atomic E-state index is 10.7. The summed E-state index contributed by atoms with van der Waals surface area (Å²) in [4.78, 5) is 25.4. The SMILES string of the molecule is CC(C)NC(=O)CCC=O.CN(CC1CN(Cc2ccccc2)CCN1)c1ccccc1. The molecule has 32 heavy (non-hydrogen) atoms. The van der Waals surface area contributed by atoms with Gasteiger partial charge in [-0.3, -0.25) is 9.69 Å². The summed E-state index contributed by atoms with van der Waals surface area (Å²) in [6.45, 7) is 9.16. The van der Waals surface area contributed by atoms with Crippen LogP contribution in [0.1, 0.15) is 32.3 Å². The van der Waals surface area contributed by atoms with Crippen molar-refractivity contribution in [1.82, 2.24) is 15.5 Å². The Balaban J connectivity index is 0.000000309. The summed E-state index contributed by atoms with van der Waals surface area (Å²) in [7, 11) is 2.17. The summed E-state index contributed by atoms with van der Waals surface area (Å²) in [5.41, 5.74) is 2.68. The molecule has 1 saturated heterocycles. The van der Waals surface area contributed by atoms with Gasteiger partial charge in [-0.05, 0) is 31.5 Å². The van der Waals surface area contributed by atoms with Gasteiger partial charge in [0.05, 0.1) is 0 Å². The maximum Gasteiger partial charge on any atom is 0.220 e. The molecule has 0 aliphatic carbocycles. The standard InChI is InChI=1S/C19H25N3.C7H13NO2/c1-21(19-10-6-3-7-11-19)15-18-16-22(13-12-20-18)14-17-8-4-2-5-9-17;1-6(2)8-7(10)4-3-5-9/h2-11,18,20H,12-16H2,1H3;5-6H,3-4H2,1-2H3,(H,8,10). The summed E-state index contributed by atoms with van der Waals surface area (Å²) in [6.07, 6.45) is 1.38. The normalized spacial score (nSPS) is 16.1. The molecule has 6 nitrogen and oxygen atoms in total. The van der Waals surface area contributed by atoms with Crippen LogP contribution in [-0.2, 0) is 16.1 Å². The highest BCUT2D eigenvalue weighted by Crippen LogP contribution is 2.13. The van der Waals surface area contributed by atoms with E-state index in [1.54, 1.807) is 0 Å². The number of carbonyl (C=O) groups excluding carboxylic acids is 2. The molecule has 3 rings (SSSR count). The minimum absolute atomic E-state index is 0.0536. The van der Waals surface area contributed by atoms with Crippen LogP contribution in [0.25, 0.3) is 0 Å². The Bertz CT molecular complexity index is 783. The van der Waals surface area contributed by atoms with Gasteiger partial charge >= 0.3 is 0 Å². The molecule has 2 N–H and O–H groups in total. The fourth-order valence-electron chi connectivity index (χ4n) is 3.70. The van der Waals surface area contributed by atoms with Crippen molar-refractivity contribution in [3.63, 3.8) is 0 Å². The van der Waals surface area contributed by atoms with Gasteiger partial charge in [-0.15, -0.1) is 0 Å². The quantitative estimate of drug-likeness (QED) is 0.589. The van der Waals surface area contributed by atoms with Gasteiger partial charge in [0.25, 0.3) is 0 Å². The van der Waals surface area contributed by atoms with Crippen molar-refractivity contribution in [1.29, 1.82) is 0 Å². The number of likely N-dealkylation sites (N-methyl/N-ethyl adjacent to an activating group) is 1. The lowest BCUT2D eigenvalue weighted by Gasteiger charge is -2.36. The van der Waals surface area contributed by atoms with Crippen LogP contribution < -0.4 is 15.5 Å². The fraction of sp³-hybridized carbons (Fsp3) is 0.462. The van der Waals surface area contributed by atoms with Crippen molar-refractivity contribution in [3.05, 3.63) is 66.2 Å². The van der Waals surface area contributed by atoms with Crippen LogP contribution in [0.5, 0.6) is 0 Å². The molecule has 1 fully saturated rings. The molecule has 1 atom stereocenters. The molecular weight excluding hydrogens is 400 g/mol. The molecule has 1 aliphatic heterocycles. The molecule has 0 radical (unpaired) electrons. The van der Waals surface area contributed by atoms with E-state index >= 15 is 0 Å². The van der Waals surface area contributed by atoms with Crippen molar-refractivity contribution in [3.8, 4) is 0 Å². The predicted octanol–water partition coefficient (Wildman–Crippen LogP) is 3.09. The second-order valence-corrected chi connectivity index (χ2v) is 8.52. The zero-order valence-corrected chi connectivity index (χ0v) is 19.7. The van der Waals surface area contributed by atoms with E-state index in [0.29, 0.717) is 18.9 Å². The predicted molar refractivity (Wildman–Crippen MR) is 132 cm³/mol. The Labute approximate surface area is 193 Å².